The van der Waals surface area contributed by atoms with Crippen LogP contribution in [-0.2, 0) is 11.2 Å². The van der Waals surface area contributed by atoms with E-state index in [9.17, 15) is 14.0 Å². The molecule has 0 aromatic carbocycles. The highest BCUT2D eigenvalue weighted by molar-refractivity contribution is 9.10. The zero-order valence-electron chi connectivity index (χ0n) is 14.0. The number of H-pyrrole nitrogens is 1. The number of aromatic amines is 1. The lowest BCUT2D eigenvalue weighted by Crippen LogP contribution is -2.44. The van der Waals surface area contributed by atoms with Crippen LogP contribution in [0, 0.1) is 5.82 Å². The average molecular weight is 410 g/mol. The van der Waals surface area contributed by atoms with Crippen molar-refractivity contribution < 1.29 is 18.7 Å². The predicted octanol–water partition coefficient (Wildman–Crippen LogP) is 3.91. The molecule has 2 aromatic heterocycles. The third kappa shape index (κ3) is 3.44. The van der Waals surface area contributed by atoms with Gasteiger partial charge >= 0.3 is 6.09 Å². The van der Waals surface area contributed by atoms with Crippen molar-refractivity contribution in [1.82, 2.24) is 14.9 Å². The molecule has 0 spiro atoms. The lowest BCUT2D eigenvalue weighted by atomic mass is 10.1. The van der Waals surface area contributed by atoms with Crippen LogP contribution in [0.4, 0.5) is 9.18 Å². The fourth-order valence-corrected chi connectivity index (χ4v) is 2.95. The highest BCUT2D eigenvalue weighted by atomic mass is 79.9. The van der Waals surface area contributed by atoms with Gasteiger partial charge in [-0.25, -0.2) is 19.1 Å². The molecule has 6 nitrogen and oxygen atoms in total. The Hall–Kier alpha value is -2.22. The number of carbonyl (C=O) groups excluding carboxylic acids is 2. The number of ether oxygens (including phenoxy) is 1. The number of amides is 2. The number of nitrogens with one attached hydrogen (secondary N) is 1. The standard InChI is InChI=1S/C17H17BrFN3O3/c1-17(2,3)25-16(24)22-7-5-11-10(15(22)23)8-12(21-11)9-4-6-20-14(18)13(9)19/h4,6,8,21H,5,7H2,1-3H3. The number of pyridine rings is 1. The first-order valence-electron chi connectivity index (χ1n) is 7.74. The second kappa shape index (κ2) is 6.25. The van der Waals surface area contributed by atoms with Gasteiger partial charge in [0.1, 0.15) is 10.2 Å². The Balaban J connectivity index is 1.91. The first kappa shape index (κ1) is 17.6. The monoisotopic (exact) mass is 409 g/mol. The number of hydrogen-bond donors (Lipinski definition) is 1. The molecular weight excluding hydrogens is 393 g/mol. The number of imide groups is 1. The third-order valence-corrected chi connectivity index (χ3v) is 4.26. The first-order chi connectivity index (χ1) is 11.7. The molecule has 2 amide bonds. The van der Waals surface area contributed by atoms with Crippen LogP contribution in [0.1, 0.15) is 36.8 Å². The summed E-state index contributed by atoms with van der Waals surface area (Å²) in [5.41, 5.74) is 1.09. The molecule has 8 heteroatoms. The van der Waals surface area contributed by atoms with E-state index >= 15 is 0 Å². The van der Waals surface area contributed by atoms with Crippen LogP contribution in [0.15, 0.2) is 22.9 Å². The zero-order valence-corrected chi connectivity index (χ0v) is 15.6. The van der Waals surface area contributed by atoms with E-state index in [4.69, 9.17) is 4.74 Å². The summed E-state index contributed by atoms with van der Waals surface area (Å²) in [5.74, 6) is -0.968. The van der Waals surface area contributed by atoms with Crippen molar-refractivity contribution in [3.63, 3.8) is 0 Å². The Morgan fingerprint density at radius 1 is 1.40 bits per heavy atom. The number of rotatable bonds is 1. The van der Waals surface area contributed by atoms with Gasteiger partial charge in [0.05, 0.1) is 5.56 Å². The normalized spacial score (nSPS) is 14.4. The highest BCUT2D eigenvalue weighted by Gasteiger charge is 2.34. The van der Waals surface area contributed by atoms with Crippen molar-refractivity contribution >= 4 is 27.9 Å². The molecule has 0 fully saturated rings. The molecule has 3 rings (SSSR count). The molecule has 1 aliphatic rings. The molecule has 0 bridgehead atoms. The van der Waals surface area contributed by atoms with Gasteiger partial charge in [0.2, 0.25) is 0 Å². The summed E-state index contributed by atoms with van der Waals surface area (Å²) in [6.45, 7) is 5.43. The number of halogens is 2. The minimum atomic E-state index is -0.687. The second-order valence-corrected chi connectivity index (χ2v) is 7.48. The minimum Gasteiger partial charge on any atom is -0.443 e. The van der Waals surface area contributed by atoms with Crippen LogP contribution >= 0.6 is 15.9 Å². The zero-order chi connectivity index (χ0) is 18.4. The highest BCUT2D eigenvalue weighted by Crippen LogP contribution is 2.30. The van der Waals surface area contributed by atoms with Gasteiger partial charge in [-0.15, -0.1) is 0 Å². The number of fused-ring (bicyclic) bond motifs is 1. The Morgan fingerprint density at radius 2 is 2.12 bits per heavy atom. The van der Waals surface area contributed by atoms with Crippen LogP contribution in [0.2, 0.25) is 0 Å². The van der Waals surface area contributed by atoms with Gasteiger partial charge in [0.25, 0.3) is 5.91 Å². The topological polar surface area (TPSA) is 75.3 Å². The van der Waals surface area contributed by atoms with E-state index in [0.717, 1.165) is 4.90 Å². The van der Waals surface area contributed by atoms with Crippen LogP contribution in [0.5, 0.6) is 0 Å². The van der Waals surface area contributed by atoms with Gasteiger partial charge in [0.15, 0.2) is 5.82 Å². The Morgan fingerprint density at radius 3 is 2.80 bits per heavy atom. The van der Waals surface area contributed by atoms with E-state index < -0.39 is 23.4 Å². The van der Waals surface area contributed by atoms with E-state index in [2.05, 4.69) is 25.9 Å². The summed E-state index contributed by atoms with van der Waals surface area (Å²) < 4.78 is 19.6. The molecular formula is C17H17BrFN3O3. The lowest BCUT2D eigenvalue weighted by Gasteiger charge is -2.28. The fourth-order valence-electron chi connectivity index (χ4n) is 2.62. The van der Waals surface area contributed by atoms with Crippen molar-refractivity contribution in [2.75, 3.05) is 6.54 Å². The van der Waals surface area contributed by atoms with E-state index in [-0.39, 0.29) is 11.1 Å². The van der Waals surface area contributed by atoms with Crippen molar-refractivity contribution in [1.29, 1.82) is 0 Å². The van der Waals surface area contributed by atoms with Crippen molar-refractivity contribution in [3.8, 4) is 11.3 Å². The number of aromatic nitrogens is 2. The van der Waals surface area contributed by atoms with E-state index in [1.165, 1.54) is 12.3 Å². The molecule has 132 valence electrons. The van der Waals surface area contributed by atoms with Gasteiger partial charge in [-0.1, -0.05) is 0 Å². The van der Waals surface area contributed by atoms with Gasteiger partial charge in [-0.3, -0.25) is 4.79 Å². The Labute approximate surface area is 152 Å². The summed E-state index contributed by atoms with van der Waals surface area (Å²) in [4.78, 5) is 32.8. The van der Waals surface area contributed by atoms with Crippen LogP contribution in [0.3, 0.4) is 0 Å². The molecule has 3 heterocycles. The molecule has 25 heavy (non-hydrogen) atoms. The molecule has 0 unspecified atom stereocenters. The number of carbonyl (C=O) groups is 2. The maximum absolute atomic E-state index is 14.2. The molecule has 0 atom stereocenters. The second-order valence-electron chi connectivity index (χ2n) is 6.73. The van der Waals surface area contributed by atoms with Gasteiger partial charge < -0.3 is 9.72 Å². The summed E-state index contributed by atoms with van der Waals surface area (Å²) in [7, 11) is 0. The molecule has 1 aliphatic heterocycles. The number of hydrogen-bond acceptors (Lipinski definition) is 4. The molecule has 0 radical (unpaired) electrons. The maximum atomic E-state index is 14.2. The van der Waals surface area contributed by atoms with E-state index in [1.807, 2.05) is 0 Å². The smallest absolute Gasteiger partial charge is 0.417 e. The van der Waals surface area contributed by atoms with E-state index in [1.54, 1.807) is 26.8 Å². The van der Waals surface area contributed by atoms with Gasteiger partial charge in [-0.2, -0.15) is 0 Å². The molecule has 2 aromatic rings. The largest absolute Gasteiger partial charge is 0.443 e. The molecule has 0 saturated heterocycles. The van der Waals surface area contributed by atoms with Gasteiger partial charge in [-0.05, 0) is 48.8 Å². The summed E-state index contributed by atoms with van der Waals surface area (Å²) >= 11 is 3.05. The number of nitrogens with zero attached hydrogens (tertiary/aromatic N) is 2. The third-order valence-electron chi connectivity index (χ3n) is 3.71. The summed E-state index contributed by atoms with van der Waals surface area (Å²) in [6, 6.07) is 3.08. The van der Waals surface area contributed by atoms with Crippen LogP contribution in [0.25, 0.3) is 11.3 Å². The lowest BCUT2D eigenvalue weighted by molar-refractivity contribution is 0.0233. The quantitative estimate of drug-likeness (QED) is 0.724. The average Bonchev–Trinajstić information content (AvgIpc) is 2.93. The summed E-state index contributed by atoms with van der Waals surface area (Å²) in [6.07, 6.45) is 1.24. The van der Waals surface area contributed by atoms with Crippen molar-refractivity contribution in [2.45, 2.75) is 32.8 Å². The molecule has 1 N–H and O–H groups in total. The first-order valence-corrected chi connectivity index (χ1v) is 8.54. The van der Waals surface area contributed by atoms with E-state index in [0.29, 0.717) is 28.9 Å². The van der Waals surface area contributed by atoms with Gasteiger partial charge in [0, 0.05) is 36.1 Å². The molecule has 0 saturated carbocycles. The summed E-state index contributed by atoms with van der Waals surface area (Å²) in [5, 5.41) is 0. The Kier molecular flexibility index (Phi) is 4.40. The van der Waals surface area contributed by atoms with Crippen molar-refractivity contribution in [2.24, 2.45) is 0 Å². The van der Waals surface area contributed by atoms with Crippen LogP contribution in [-0.4, -0.2) is 39.0 Å². The molecule has 0 aliphatic carbocycles. The Bertz CT molecular complexity index is 857. The predicted molar refractivity (Wildman–Crippen MR) is 92.7 cm³/mol. The fraction of sp³-hybridized carbons (Fsp3) is 0.353. The maximum Gasteiger partial charge on any atom is 0.417 e. The SMILES string of the molecule is CC(C)(C)OC(=O)N1CCc2[nH]c(-c3ccnc(Br)c3F)cc2C1=O. The minimum absolute atomic E-state index is 0.0966. The van der Waals surface area contributed by atoms with Crippen molar-refractivity contribution in [3.05, 3.63) is 40.0 Å². The van der Waals surface area contributed by atoms with Crippen LogP contribution < -0.4 is 0 Å².